The summed E-state index contributed by atoms with van der Waals surface area (Å²) in [6.07, 6.45) is 4.02. The van der Waals surface area contributed by atoms with E-state index in [1.807, 2.05) is 30.3 Å². The smallest absolute Gasteiger partial charge is 0.119 e. The second kappa shape index (κ2) is 8.18. The molecule has 1 aliphatic heterocycles. The predicted molar refractivity (Wildman–Crippen MR) is 79.6 cm³/mol. The molecule has 0 spiro atoms. The molecule has 2 rings (SSSR count). The first-order chi connectivity index (χ1) is 9.34. The van der Waals surface area contributed by atoms with Crippen molar-refractivity contribution in [2.45, 2.75) is 19.3 Å². The quantitative estimate of drug-likeness (QED) is 0.764. The summed E-state index contributed by atoms with van der Waals surface area (Å²) in [5, 5.41) is 3.48. The number of nitrogens with one attached hydrogen (secondary N) is 1. The Morgan fingerprint density at radius 2 is 1.89 bits per heavy atom. The number of likely N-dealkylation sites (tertiary alicyclic amines) is 1. The van der Waals surface area contributed by atoms with Gasteiger partial charge < -0.3 is 15.0 Å². The fourth-order valence-electron chi connectivity index (χ4n) is 2.54. The maximum atomic E-state index is 5.64. The van der Waals surface area contributed by atoms with Gasteiger partial charge in [0.1, 0.15) is 12.4 Å². The molecule has 0 radical (unpaired) electrons. The van der Waals surface area contributed by atoms with Crippen molar-refractivity contribution in [3.63, 3.8) is 0 Å². The maximum Gasteiger partial charge on any atom is 0.119 e. The minimum Gasteiger partial charge on any atom is -0.492 e. The Hall–Kier alpha value is -1.06. The first-order valence-electron chi connectivity index (χ1n) is 7.42. The van der Waals surface area contributed by atoms with Crippen LogP contribution in [0.15, 0.2) is 30.3 Å². The lowest BCUT2D eigenvalue weighted by molar-refractivity contribution is 0.210. The number of benzene rings is 1. The highest BCUT2D eigenvalue weighted by molar-refractivity contribution is 5.20. The van der Waals surface area contributed by atoms with Crippen molar-refractivity contribution < 1.29 is 4.74 Å². The van der Waals surface area contributed by atoms with Gasteiger partial charge in [-0.05, 0) is 64.0 Å². The lowest BCUT2D eigenvalue weighted by Gasteiger charge is -2.28. The van der Waals surface area contributed by atoms with E-state index in [0.29, 0.717) is 0 Å². The molecule has 0 aliphatic carbocycles. The number of rotatable bonds is 7. The molecule has 3 heteroatoms. The zero-order valence-corrected chi connectivity index (χ0v) is 12.0. The van der Waals surface area contributed by atoms with Crippen molar-refractivity contribution in [3.8, 4) is 5.75 Å². The summed E-state index contributed by atoms with van der Waals surface area (Å²) in [5.74, 6) is 1.87. The molecule has 1 fully saturated rings. The van der Waals surface area contributed by atoms with Crippen LogP contribution in [0, 0.1) is 5.92 Å². The normalized spacial score (nSPS) is 17.5. The van der Waals surface area contributed by atoms with E-state index in [1.165, 1.54) is 32.4 Å². The summed E-state index contributed by atoms with van der Waals surface area (Å²) in [4.78, 5) is 2.43. The third kappa shape index (κ3) is 5.62. The summed E-state index contributed by atoms with van der Waals surface area (Å²) in [6, 6.07) is 10.0. The molecule has 1 saturated heterocycles. The third-order valence-electron chi connectivity index (χ3n) is 3.86. The molecule has 106 valence electrons. The van der Waals surface area contributed by atoms with E-state index >= 15 is 0 Å². The van der Waals surface area contributed by atoms with E-state index < -0.39 is 0 Å². The zero-order chi connectivity index (χ0) is 13.3. The summed E-state index contributed by atoms with van der Waals surface area (Å²) in [7, 11) is 2.22. The van der Waals surface area contributed by atoms with Crippen LogP contribution in [0.25, 0.3) is 0 Å². The van der Waals surface area contributed by atoms with Gasteiger partial charge in [-0.2, -0.15) is 0 Å². The first kappa shape index (κ1) is 14.4. The number of hydrogen-bond donors (Lipinski definition) is 1. The molecule has 0 aromatic heterocycles. The second-order valence-corrected chi connectivity index (χ2v) is 5.45. The van der Waals surface area contributed by atoms with E-state index in [0.717, 1.165) is 31.4 Å². The molecule has 1 aromatic carbocycles. The van der Waals surface area contributed by atoms with Crippen LogP contribution in [0.2, 0.25) is 0 Å². The molecule has 1 aliphatic rings. The molecule has 0 amide bonds. The SMILES string of the molecule is CN1CCC(CCNCCOc2ccccc2)CC1. The standard InChI is InChI=1S/C16H26N2O/c1-18-12-8-15(9-13-18)7-10-17-11-14-19-16-5-3-2-4-6-16/h2-6,15,17H,7-14H2,1H3. The van der Waals surface area contributed by atoms with Gasteiger partial charge in [0.15, 0.2) is 0 Å². The largest absolute Gasteiger partial charge is 0.492 e. The van der Waals surface area contributed by atoms with Gasteiger partial charge in [0.05, 0.1) is 0 Å². The Morgan fingerprint density at radius 1 is 1.16 bits per heavy atom. The summed E-state index contributed by atoms with van der Waals surface area (Å²) in [5.41, 5.74) is 0. The van der Waals surface area contributed by atoms with Gasteiger partial charge in [-0.3, -0.25) is 0 Å². The lowest BCUT2D eigenvalue weighted by Crippen LogP contribution is -2.32. The molecule has 1 aromatic rings. The van der Waals surface area contributed by atoms with Crippen LogP contribution in [0.1, 0.15) is 19.3 Å². The monoisotopic (exact) mass is 262 g/mol. The van der Waals surface area contributed by atoms with Gasteiger partial charge in [-0.25, -0.2) is 0 Å². The van der Waals surface area contributed by atoms with Crippen LogP contribution < -0.4 is 10.1 Å². The molecule has 3 nitrogen and oxygen atoms in total. The Bertz CT molecular complexity index is 334. The van der Waals surface area contributed by atoms with Gasteiger partial charge >= 0.3 is 0 Å². The number of piperidine rings is 1. The van der Waals surface area contributed by atoms with Crippen LogP contribution in [0.4, 0.5) is 0 Å². The highest BCUT2D eigenvalue weighted by atomic mass is 16.5. The van der Waals surface area contributed by atoms with Crippen molar-refractivity contribution in [2.75, 3.05) is 39.8 Å². The number of hydrogen-bond acceptors (Lipinski definition) is 3. The van der Waals surface area contributed by atoms with Crippen molar-refractivity contribution in [1.29, 1.82) is 0 Å². The van der Waals surface area contributed by atoms with E-state index in [-0.39, 0.29) is 0 Å². The molecule has 0 saturated carbocycles. The van der Waals surface area contributed by atoms with E-state index in [4.69, 9.17) is 4.74 Å². The topological polar surface area (TPSA) is 24.5 Å². The van der Waals surface area contributed by atoms with Crippen LogP contribution in [-0.2, 0) is 0 Å². The van der Waals surface area contributed by atoms with Crippen LogP contribution in [-0.4, -0.2) is 44.7 Å². The van der Waals surface area contributed by atoms with Crippen molar-refractivity contribution >= 4 is 0 Å². The van der Waals surface area contributed by atoms with Gasteiger partial charge in [0, 0.05) is 6.54 Å². The van der Waals surface area contributed by atoms with Gasteiger partial charge in [-0.1, -0.05) is 18.2 Å². The fourth-order valence-corrected chi connectivity index (χ4v) is 2.54. The molecule has 0 atom stereocenters. The minimum atomic E-state index is 0.747. The van der Waals surface area contributed by atoms with Crippen LogP contribution in [0.3, 0.4) is 0 Å². The molecular weight excluding hydrogens is 236 g/mol. The molecule has 1 N–H and O–H groups in total. The number of ether oxygens (including phenoxy) is 1. The average molecular weight is 262 g/mol. The molecule has 0 unspecified atom stereocenters. The Morgan fingerprint density at radius 3 is 2.63 bits per heavy atom. The lowest BCUT2D eigenvalue weighted by atomic mass is 9.94. The molecule has 19 heavy (non-hydrogen) atoms. The highest BCUT2D eigenvalue weighted by Gasteiger charge is 2.15. The second-order valence-electron chi connectivity index (χ2n) is 5.45. The maximum absolute atomic E-state index is 5.64. The fraction of sp³-hybridized carbons (Fsp3) is 0.625. The van der Waals surface area contributed by atoms with Gasteiger partial charge in [-0.15, -0.1) is 0 Å². The average Bonchev–Trinajstić information content (AvgIpc) is 2.46. The Labute approximate surface area is 116 Å². The number of para-hydroxylation sites is 1. The summed E-state index contributed by atoms with van der Waals surface area (Å²) >= 11 is 0. The predicted octanol–water partition coefficient (Wildman–Crippen LogP) is 2.39. The van der Waals surface area contributed by atoms with Gasteiger partial charge in [0.2, 0.25) is 0 Å². The van der Waals surface area contributed by atoms with Crippen molar-refractivity contribution in [1.82, 2.24) is 10.2 Å². The van der Waals surface area contributed by atoms with Gasteiger partial charge in [0.25, 0.3) is 0 Å². The summed E-state index contributed by atoms with van der Waals surface area (Å²) < 4.78 is 5.64. The molecule has 1 heterocycles. The van der Waals surface area contributed by atoms with E-state index in [1.54, 1.807) is 0 Å². The zero-order valence-electron chi connectivity index (χ0n) is 12.0. The van der Waals surface area contributed by atoms with Crippen molar-refractivity contribution in [3.05, 3.63) is 30.3 Å². The highest BCUT2D eigenvalue weighted by Crippen LogP contribution is 2.18. The number of nitrogens with zero attached hydrogens (tertiary/aromatic N) is 1. The van der Waals surface area contributed by atoms with Crippen molar-refractivity contribution in [2.24, 2.45) is 5.92 Å². The first-order valence-corrected chi connectivity index (χ1v) is 7.42. The molecular formula is C16H26N2O. The minimum absolute atomic E-state index is 0.747. The van der Waals surface area contributed by atoms with E-state index in [9.17, 15) is 0 Å². The third-order valence-corrected chi connectivity index (χ3v) is 3.86. The Kier molecular flexibility index (Phi) is 6.18. The molecule has 0 bridgehead atoms. The van der Waals surface area contributed by atoms with Crippen LogP contribution in [0.5, 0.6) is 5.75 Å². The van der Waals surface area contributed by atoms with E-state index in [2.05, 4.69) is 17.3 Å². The van der Waals surface area contributed by atoms with Crippen LogP contribution >= 0.6 is 0 Å². The summed E-state index contributed by atoms with van der Waals surface area (Å²) in [6.45, 7) is 5.33. The Balaban J connectivity index is 1.46.